The third-order valence-corrected chi connectivity index (χ3v) is 5.92. The summed E-state index contributed by atoms with van der Waals surface area (Å²) in [5.74, 6) is 1.82. The van der Waals surface area contributed by atoms with Crippen molar-refractivity contribution in [2.75, 3.05) is 7.11 Å². The molecule has 0 aliphatic heterocycles. The number of nitrogens with one attached hydrogen (secondary N) is 1. The number of methoxy groups -OCH3 is 1. The van der Waals surface area contributed by atoms with Crippen molar-refractivity contribution in [3.05, 3.63) is 66.2 Å². The molecule has 0 bridgehead atoms. The van der Waals surface area contributed by atoms with Gasteiger partial charge < -0.3 is 14.8 Å². The van der Waals surface area contributed by atoms with Crippen LogP contribution >= 0.6 is 0 Å². The second-order valence-corrected chi connectivity index (χ2v) is 9.13. The van der Waals surface area contributed by atoms with Gasteiger partial charge in [-0.05, 0) is 48.9 Å². The summed E-state index contributed by atoms with van der Waals surface area (Å²) in [5, 5.41) is 3.20. The first-order chi connectivity index (χ1) is 15.9. The highest BCUT2D eigenvalue weighted by Gasteiger charge is 2.35. The molecule has 3 aromatic rings. The predicted octanol–water partition coefficient (Wildman–Crippen LogP) is 4.53. The highest BCUT2D eigenvalue weighted by molar-refractivity contribution is 5.81. The highest BCUT2D eigenvalue weighted by atomic mass is 16.5. The van der Waals surface area contributed by atoms with E-state index < -0.39 is 6.10 Å². The van der Waals surface area contributed by atoms with Crippen LogP contribution in [0.25, 0.3) is 11.4 Å². The van der Waals surface area contributed by atoms with Crippen molar-refractivity contribution in [3.8, 4) is 22.9 Å². The van der Waals surface area contributed by atoms with Crippen LogP contribution in [0.3, 0.4) is 0 Å². The van der Waals surface area contributed by atoms with Gasteiger partial charge in [0, 0.05) is 35.8 Å². The largest absolute Gasteiger partial charge is 0.497 e. The molecule has 4 rings (SSSR count). The minimum atomic E-state index is -0.609. The van der Waals surface area contributed by atoms with Gasteiger partial charge in [-0.25, -0.2) is 9.97 Å². The number of rotatable bonds is 7. The number of hydrogen-bond acceptors (Lipinski definition) is 6. The third kappa shape index (κ3) is 5.30. The molecule has 0 spiro atoms. The Balaban J connectivity index is 1.55. The van der Waals surface area contributed by atoms with Gasteiger partial charge in [0.2, 0.25) is 0 Å². The second-order valence-electron chi connectivity index (χ2n) is 9.13. The molecule has 1 aromatic carbocycles. The molecule has 7 nitrogen and oxygen atoms in total. The van der Waals surface area contributed by atoms with Crippen LogP contribution in [0.4, 0.5) is 0 Å². The van der Waals surface area contributed by atoms with Crippen LogP contribution in [-0.2, 0) is 11.2 Å². The maximum atomic E-state index is 13.2. The Morgan fingerprint density at radius 2 is 1.97 bits per heavy atom. The van der Waals surface area contributed by atoms with E-state index in [1.165, 1.54) is 0 Å². The number of amides is 1. The van der Waals surface area contributed by atoms with Gasteiger partial charge in [0.1, 0.15) is 11.5 Å². The normalized spacial score (nSPS) is 17.5. The minimum Gasteiger partial charge on any atom is -0.497 e. The molecular weight excluding hydrogens is 416 g/mol. The fraction of sp³-hybridized carbons (Fsp3) is 0.385. The molecule has 7 heteroatoms. The average Bonchev–Trinajstić information content (AvgIpc) is 2.82. The van der Waals surface area contributed by atoms with Gasteiger partial charge in [0.25, 0.3) is 5.91 Å². The molecule has 1 aliphatic carbocycles. The molecule has 2 atom stereocenters. The molecule has 33 heavy (non-hydrogen) atoms. The number of benzene rings is 1. The molecule has 0 fully saturated rings. The van der Waals surface area contributed by atoms with Crippen molar-refractivity contribution in [2.45, 2.75) is 52.2 Å². The Morgan fingerprint density at radius 1 is 1.21 bits per heavy atom. The highest BCUT2D eigenvalue weighted by Crippen LogP contribution is 2.40. The van der Waals surface area contributed by atoms with Crippen molar-refractivity contribution in [1.29, 1.82) is 0 Å². The molecule has 0 saturated carbocycles. The summed E-state index contributed by atoms with van der Waals surface area (Å²) in [5.41, 5.74) is 2.86. The van der Waals surface area contributed by atoms with Crippen LogP contribution in [0.15, 0.2) is 55.0 Å². The fourth-order valence-corrected chi connectivity index (χ4v) is 4.24. The zero-order valence-corrected chi connectivity index (χ0v) is 19.5. The molecule has 1 aliphatic rings. The molecule has 2 heterocycles. The van der Waals surface area contributed by atoms with Crippen molar-refractivity contribution < 1.29 is 14.3 Å². The summed E-state index contributed by atoms with van der Waals surface area (Å²) in [6.07, 6.45) is 6.89. The van der Waals surface area contributed by atoms with Crippen LogP contribution in [0, 0.1) is 5.41 Å². The standard InChI is InChI=1S/C26H30N4O3/c1-5-23(33-19-8-6-7-18(13-19)32-4)25(31)30-22-15-26(2,3)14-21-20(22)16-28-24(29-21)17-9-11-27-12-10-17/h6-13,16,22-23H,5,14-15H2,1-4H3,(H,30,31)/t22-,23+/m0/s1. The van der Waals surface area contributed by atoms with E-state index >= 15 is 0 Å². The Morgan fingerprint density at radius 3 is 2.70 bits per heavy atom. The molecule has 172 valence electrons. The lowest BCUT2D eigenvalue weighted by molar-refractivity contribution is -0.129. The van der Waals surface area contributed by atoms with Crippen molar-refractivity contribution in [3.63, 3.8) is 0 Å². The van der Waals surface area contributed by atoms with Gasteiger partial charge in [0.05, 0.1) is 18.8 Å². The minimum absolute atomic E-state index is 0.00974. The number of fused-ring (bicyclic) bond motifs is 1. The first-order valence-corrected chi connectivity index (χ1v) is 11.3. The number of carbonyl (C=O) groups excluding carboxylic acids is 1. The first kappa shape index (κ1) is 22.7. The van der Waals surface area contributed by atoms with Crippen LogP contribution in [0.1, 0.15) is 50.9 Å². The van der Waals surface area contributed by atoms with E-state index in [9.17, 15) is 4.79 Å². The number of aromatic nitrogens is 3. The maximum Gasteiger partial charge on any atom is 0.261 e. The Hall–Kier alpha value is -3.48. The van der Waals surface area contributed by atoms with Crippen LogP contribution in [0.2, 0.25) is 0 Å². The van der Waals surface area contributed by atoms with Crippen molar-refractivity contribution in [1.82, 2.24) is 20.3 Å². The number of ether oxygens (including phenoxy) is 2. The molecule has 2 aromatic heterocycles. The van der Waals surface area contributed by atoms with E-state index in [0.29, 0.717) is 23.7 Å². The Kier molecular flexibility index (Phi) is 6.58. The van der Waals surface area contributed by atoms with E-state index in [-0.39, 0.29) is 17.4 Å². The third-order valence-electron chi connectivity index (χ3n) is 5.92. The van der Waals surface area contributed by atoms with E-state index in [0.717, 1.165) is 29.7 Å². The lowest BCUT2D eigenvalue weighted by Gasteiger charge is -2.37. The summed E-state index contributed by atoms with van der Waals surface area (Å²) in [6.45, 7) is 6.34. The smallest absolute Gasteiger partial charge is 0.261 e. The van der Waals surface area contributed by atoms with Gasteiger partial charge in [-0.3, -0.25) is 9.78 Å². The Labute approximate surface area is 194 Å². The SMILES string of the molecule is CC[C@@H](Oc1cccc(OC)c1)C(=O)N[C@H]1CC(C)(C)Cc2nc(-c3ccncc3)ncc21. The summed E-state index contributed by atoms with van der Waals surface area (Å²) in [7, 11) is 1.60. The van der Waals surface area contributed by atoms with E-state index in [1.54, 1.807) is 25.6 Å². The van der Waals surface area contributed by atoms with Gasteiger partial charge in [-0.2, -0.15) is 0 Å². The second kappa shape index (κ2) is 9.57. The molecule has 1 N–H and O–H groups in total. The summed E-state index contributed by atoms with van der Waals surface area (Å²) < 4.78 is 11.3. The van der Waals surface area contributed by atoms with Gasteiger partial charge in [0.15, 0.2) is 11.9 Å². The van der Waals surface area contributed by atoms with Crippen LogP contribution in [-0.4, -0.2) is 34.1 Å². The molecule has 0 saturated heterocycles. The van der Waals surface area contributed by atoms with Crippen LogP contribution < -0.4 is 14.8 Å². The molecular formula is C26H30N4O3. The van der Waals surface area contributed by atoms with Gasteiger partial charge in [-0.1, -0.05) is 26.8 Å². The van der Waals surface area contributed by atoms with Crippen LogP contribution in [0.5, 0.6) is 11.5 Å². The maximum absolute atomic E-state index is 13.2. The summed E-state index contributed by atoms with van der Waals surface area (Å²) in [6, 6.07) is 10.9. The monoisotopic (exact) mass is 446 g/mol. The molecule has 0 radical (unpaired) electrons. The van der Waals surface area contributed by atoms with Crippen molar-refractivity contribution >= 4 is 5.91 Å². The van der Waals surface area contributed by atoms with E-state index in [2.05, 4.69) is 29.1 Å². The summed E-state index contributed by atoms with van der Waals surface area (Å²) in [4.78, 5) is 26.7. The van der Waals surface area contributed by atoms with E-state index in [4.69, 9.17) is 14.5 Å². The van der Waals surface area contributed by atoms with Gasteiger partial charge >= 0.3 is 0 Å². The molecule has 0 unspecified atom stereocenters. The number of hydrogen-bond donors (Lipinski definition) is 1. The zero-order valence-electron chi connectivity index (χ0n) is 19.5. The number of carbonyl (C=O) groups is 1. The Bertz CT molecular complexity index is 1120. The summed E-state index contributed by atoms with van der Waals surface area (Å²) >= 11 is 0. The fourth-order valence-electron chi connectivity index (χ4n) is 4.24. The van der Waals surface area contributed by atoms with Crippen molar-refractivity contribution in [2.24, 2.45) is 5.41 Å². The lowest BCUT2D eigenvalue weighted by Crippen LogP contribution is -2.43. The predicted molar refractivity (Wildman–Crippen MR) is 126 cm³/mol. The lowest BCUT2D eigenvalue weighted by atomic mass is 9.74. The zero-order chi connectivity index (χ0) is 23.4. The number of pyridine rings is 1. The quantitative estimate of drug-likeness (QED) is 0.574. The average molecular weight is 447 g/mol. The number of nitrogens with zero attached hydrogens (tertiary/aromatic N) is 3. The van der Waals surface area contributed by atoms with Gasteiger partial charge in [-0.15, -0.1) is 0 Å². The topological polar surface area (TPSA) is 86.2 Å². The molecule has 1 amide bonds. The van der Waals surface area contributed by atoms with E-state index in [1.807, 2.05) is 43.5 Å². The first-order valence-electron chi connectivity index (χ1n) is 11.3.